The molecule has 5 N–H and O–H groups in total. The van der Waals surface area contributed by atoms with E-state index >= 15 is 0 Å². The third kappa shape index (κ3) is 5.62. The van der Waals surface area contributed by atoms with E-state index in [1.54, 1.807) is 31.2 Å². The van der Waals surface area contributed by atoms with Crippen molar-refractivity contribution in [1.29, 1.82) is 5.41 Å². The van der Waals surface area contributed by atoms with Crippen LogP contribution in [0, 0.1) is 11.2 Å². The fourth-order valence-electron chi connectivity index (χ4n) is 4.11. The number of alkyl halides is 3. The maximum atomic E-state index is 13.9. The second-order valence-corrected chi connectivity index (χ2v) is 8.53. The highest BCUT2D eigenvalue weighted by molar-refractivity contribution is 6.02. The molecule has 4 rings (SSSR count). The molecule has 4 aromatic rings. The molecule has 1 heterocycles. The molecule has 0 saturated carbocycles. The molecule has 0 aliphatic carbocycles. The number of pyridine rings is 1. The highest BCUT2D eigenvalue weighted by atomic mass is 19.4. The van der Waals surface area contributed by atoms with Crippen LogP contribution in [0.2, 0.25) is 0 Å². The minimum Gasteiger partial charge on any atom is -0.398 e. The van der Waals surface area contributed by atoms with E-state index in [-0.39, 0.29) is 23.6 Å². The van der Waals surface area contributed by atoms with E-state index in [0.717, 1.165) is 17.7 Å². The van der Waals surface area contributed by atoms with Crippen molar-refractivity contribution in [1.82, 2.24) is 4.98 Å². The topological polar surface area (TPSA) is 95.0 Å². The molecule has 0 bridgehead atoms. The Kier molecular flexibility index (Phi) is 7.26. The summed E-state index contributed by atoms with van der Waals surface area (Å²) in [7, 11) is 0. The van der Waals surface area contributed by atoms with Crippen LogP contribution < -0.4 is 11.1 Å². The summed E-state index contributed by atoms with van der Waals surface area (Å²) in [5.74, 6) is -1.02. The lowest BCUT2D eigenvalue weighted by molar-refractivity contribution is -0.137. The summed E-state index contributed by atoms with van der Waals surface area (Å²) in [6.45, 7) is 1.32. The molecule has 9 heteroatoms. The first-order chi connectivity index (χ1) is 17.6. The van der Waals surface area contributed by atoms with Gasteiger partial charge >= 0.3 is 6.18 Å². The third-order valence-corrected chi connectivity index (χ3v) is 5.92. The van der Waals surface area contributed by atoms with E-state index < -0.39 is 23.6 Å². The number of halogens is 4. The van der Waals surface area contributed by atoms with Crippen molar-refractivity contribution in [2.24, 2.45) is 0 Å². The minimum absolute atomic E-state index is 0.0171. The van der Waals surface area contributed by atoms with Crippen LogP contribution in [0.1, 0.15) is 29.7 Å². The lowest BCUT2D eigenvalue weighted by atomic mass is 9.93. The molecule has 1 unspecified atom stereocenters. The first-order valence-corrected chi connectivity index (χ1v) is 11.3. The number of aliphatic hydroxyl groups is 1. The van der Waals surface area contributed by atoms with Crippen molar-refractivity contribution < 1.29 is 22.7 Å². The Labute approximate surface area is 211 Å². The lowest BCUT2D eigenvalue weighted by Crippen LogP contribution is -2.15. The minimum atomic E-state index is -4.82. The monoisotopic (exact) mass is 508 g/mol. The predicted octanol–water partition coefficient (Wildman–Crippen LogP) is 6.69. The van der Waals surface area contributed by atoms with Gasteiger partial charge < -0.3 is 21.6 Å². The van der Waals surface area contributed by atoms with Crippen LogP contribution in [0.3, 0.4) is 0 Å². The van der Waals surface area contributed by atoms with Crippen molar-refractivity contribution in [3.8, 4) is 22.4 Å². The normalized spacial score (nSPS) is 12.3. The fourth-order valence-corrected chi connectivity index (χ4v) is 4.11. The first-order valence-electron chi connectivity index (χ1n) is 11.3. The maximum Gasteiger partial charge on any atom is 0.417 e. The molecule has 37 heavy (non-hydrogen) atoms. The Morgan fingerprint density at radius 3 is 2.41 bits per heavy atom. The van der Waals surface area contributed by atoms with Crippen LogP contribution >= 0.6 is 0 Å². The SMILES string of the molecule is CC(=N)c1cc(-c2cc(NC(CO)c3ccccc3)cnc2-c2ccc(F)cc2C(F)(F)F)ccc1N. The van der Waals surface area contributed by atoms with E-state index in [0.29, 0.717) is 34.1 Å². The van der Waals surface area contributed by atoms with Crippen LogP contribution in [0.4, 0.5) is 28.9 Å². The van der Waals surface area contributed by atoms with Gasteiger partial charge in [-0.05, 0) is 54.4 Å². The summed E-state index contributed by atoms with van der Waals surface area (Å²) in [4.78, 5) is 4.36. The van der Waals surface area contributed by atoms with Crippen molar-refractivity contribution in [2.75, 3.05) is 17.7 Å². The number of nitrogens with zero attached hydrogens (tertiary/aromatic N) is 1. The molecule has 0 aliphatic rings. The zero-order chi connectivity index (χ0) is 26.7. The zero-order valence-corrected chi connectivity index (χ0v) is 19.8. The average Bonchev–Trinajstić information content (AvgIpc) is 2.87. The van der Waals surface area contributed by atoms with E-state index in [1.807, 2.05) is 30.3 Å². The molecule has 3 aromatic carbocycles. The van der Waals surface area contributed by atoms with Crippen molar-refractivity contribution in [3.05, 3.63) is 102 Å². The lowest BCUT2D eigenvalue weighted by Gasteiger charge is -2.21. The molecule has 0 saturated heterocycles. The van der Waals surface area contributed by atoms with E-state index in [2.05, 4.69) is 10.3 Å². The molecule has 5 nitrogen and oxygen atoms in total. The van der Waals surface area contributed by atoms with Crippen LogP contribution in [0.25, 0.3) is 22.4 Å². The second-order valence-electron chi connectivity index (χ2n) is 8.53. The summed E-state index contributed by atoms with van der Waals surface area (Å²) < 4.78 is 55.4. The fraction of sp³-hybridized carbons (Fsp3) is 0.143. The Hall–Kier alpha value is -4.24. The Bertz CT molecular complexity index is 1440. The van der Waals surface area contributed by atoms with Gasteiger partial charge in [-0.3, -0.25) is 4.98 Å². The second kappa shape index (κ2) is 10.4. The largest absolute Gasteiger partial charge is 0.417 e. The van der Waals surface area contributed by atoms with E-state index in [1.165, 1.54) is 6.20 Å². The summed E-state index contributed by atoms with van der Waals surface area (Å²) in [5, 5.41) is 21.2. The number of rotatable bonds is 7. The standard InChI is InChI=1S/C28H24F4N4O/c1-16(33)22-11-18(7-10-25(22)34)23-13-20(36-26(15-37)17-5-3-2-4-6-17)14-35-27(23)21-9-8-19(29)12-24(21)28(30,31)32/h2-14,26,33,36-37H,15,34H2,1H3. The van der Waals surface area contributed by atoms with E-state index in [4.69, 9.17) is 11.1 Å². The summed E-state index contributed by atoms with van der Waals surface area (Å²) in [5.41, 5.74) is 7.55. The highest BCUT2D eigenvalue weighted by Gasteiger charge is 2.35. The number of aliphatic hydroxyl groups excluding tert-OH is 1. The van der Waals surface area contributed by atoms with Crippen molar-refractivity contribution >= 4 is 17.1 Å². The molecular weight excluding hydrogens is 484 g/mol. The molecule has 1 aromatic heterocycles. The van der Waals surface area contributed by atoms with Gasteiger partial charge in [0, 0.05) is 28.1 Å². The number of anilines is 2. The highest BCUT2D eigenvalue weighted by Crippen LogP contribution is 2.41. The van der Waals surface area contributed by atoms with Gasteiger partial charge in [-0.1, -0.05) is 36.4 Å². The van der Waals surface area contributed by atoms with Crippen molar-refractivity contribution in [3.63, 3.8) is 0 Å². The van der Waals surface area contributed by atoms with Crippen LogP contribution in [-0.2, 0) is 6.18 Å². The van der Waals surface area contributed by atoms with Crippen LogP contribution in [0.15, 0.2) is 79.0 Å². The first kappa shape index (κ1) is 25.8. The van der Waals surface area contributed by atoms with Crippen LogP contribution in [-0.4, -0.2) is 22.4 Å². The number of nitrogen functional groups attached to an aromatic ring is 1. The molecule has 1 atom stereocenters. The Morgan fingerprint density at radius 2 is 1.76 bits per heavy atom. The number of hydrogen-bond acceptors (Lipinski definition) is 5. The van der Waals surface area contributed by atoms with Gasteiger partial charge in [-0.2, -0.15) is 13.2 Å². The summed E-state index contributed by atoms with van der Waals surface area (Å²) >= 11 is 0. The van der Waals surface area contributed by atoms with Gasteiger partial charge in [0.1, 0.15) is 5.82 Å². The molecule has 190 valence electrons. The number of benzene rings is 3. The third-order valence-electron chi connectivity index (χ3n) is 5.92. The summed E-state index contributed by atoms with van der Waals surface area (Å²) in [6.07, 6.45) is -3.45. The smallest absolute Gasteiger partial charge is 0.398 e. The average molecular weight is 509 g/mol. The van der Waals surface area contributed by atoms with Crippen molar-refractivity contribution in [2.45, 2.75) is 19.1 Å². The summed E-state index contributed by atoms with van der Waals surface area (Å²) in [6, 6.07) is 17.6. The number of nitrogens with one attached hydrogen (secondary N) is 2. The number of hydrogen-bond donors (Lipinski definition) is 4. The number of nitrogens with two attached hydrogens (primary N) is 1. The maximum absolute atomic E-state index is 13.9. The molecule has 0 fully saturated rings. The zero-order valence-electron chi connectivity index (χ0n) is 19.8. The van der Waals surface area contributed by atoms with Gasteiger partial charge in [0.05, 0.1) is 35.8 Å². The van der Waals surface area contributed by atoms with Crippen LogP contribution in [0.5, 0.6) is 0 Å². The quantitative estimate of drug-likeness (QED) is 0.127. The van der Waals surface area contributed by atoms with Gasteiger partial charge in [-0.25, -0.2) is 4.39 Å². The molecule has 0 spiro atoms. The van der Waals surface area contributed by atoms with Gasteiger partial charge in [-0.15, -0.1) is 0 Å². The molecule has 0 amide bonds. The Balaban J connectivity index is 1.91. The van der Waals surface area contributed by atoms with Gasteiger partial charge in [0.2, 0.25) is 0 Å². The predicted molar refractivity (Wildman–Crippen MR) is 137 cm³/mol. The molecule has 0 aliphatic heterocycles. The Morgan fingerprint density at radius 1 is 1.03 bits per heavy atom. The van der Waals surface area contributed by atoms with Gasteiger partial charge in [0.25, 0.3) is 0 Å². The van der Waals surface area contributed by atoms with Gasteiger partial charge in [0.15, 0.2) is 0 Å². The molecule has 0 radical (unpaired) electrons. The number of aromatic nitrogens is 1. The van der Waals surface area contributed by atoms with E-state index in [9.17, 15) is 22.7 Å². The molecular formula is C28H24F4N4O.